The summed E-state index contributed by atoms with van der Waals surface area (Å²) in [6.07, 6.45) is 1.90. The molecular weight excluding hydrogens is 212 g/mol. The number of fused-ring (bicyclic) bond motifs is 1. The molecule has 0 saturated heterocycles. The number of rotatable bonds is 2. The van der Waals surface area contributed by atoms with E-state index in [2.05, 4.69) is 4.98 Å². The Morgan fingerprint density at radius 1 is 1.47 bits per heavy atom. The Bertz CT molecular complexity index is 492. The second kappa shape index (κ2) is 3.95. The molecule has 0 unspecified atom stereocenters. The van der Waals surface area contributed by atoms with E-state index in [1.54, 1.807) is 7.05 Å². The molecule has 0 bridgehead atoms. The second-order valence-corrected chi connectivity index (χ2v) is 3.79. The number of amides is 1. The molecule has 1 amide bonds. The number of benzene rings is 1. The van der Waals surface area contributed by atoms with Gasteiger partial charge in [0.2, 0.25) is 0 Å². The molecule has 0 aliphatic heterocycles. The summed E-state index contributed by atoms with van der Waals surface area (Å²) in [6, 6.07) is 7.97. The van der Waals surface area contributed by atoms with E-state index in [4.69, 9.17) is 11.6 Å². The molecule has 3 nitrogen and oxygen atoms in total. The molecule has 2 aromatic rings. The zero-order valence-electron chi connectivity index (χ0n) is 8.33. The number of halogens is 1. The Morgan fingerprint density at radius 2 is 2.20 bits per heavy atom. The SMILES string of the molecule is CN(Cc1c[nH]c2ccccc12)C(=O)Cl. The van der Waals surface area contributed by atoms with Crippen molar-refractivity contribution in [2.24, 2.45) is 0 Å². The fourth-order valence-electron chi connectivity index (χ4n) is 1.58. The van der Waals surface area contributed by atoms with Crippen molar-refractivity contribution in [2.75, 3.05) is 7.05 Å². The number of nitrogens with zero attached hydrogens (tertiary/aromatic N) is 1. The molecule has 1 aromatic carbocycles. The van der Waals surface area contributed by atoms with Crippen LogP contribution in [0.1, 0.15) is 5.56 Å². The van der Waals surface area contributed by atoms with Gasteiger partial charge in [-0.2, -0.15) is 0 Å². The minimum atomic E-state index is -0.444. The molecule has 15 heavy (non-hydrogen) atoms. The summed E-state index contributed by atoms with van der Waals surface area (Å²) >= 11 is 5.37. The first-order chi connectivity index (χ1) is 7.18. The van der Waals surface area contributed by atoms with E-state index in [0.717, 1.165) is 16.5 Å². The van der Waals surface area contributed by atoms with Gasteiger partial charge in [-0.05, 0) is 23.2 Å². The Morgan fingerprint density at radius 3 is 2.93 bits per heavy atom. The van der Waals surface area contributed by atoms with E-state index < -0.39 is 5.37 Å². The highest BCUT2D eigenvalue weighted by Gasteiger charge is 2.08. The fourth-order valence-corrected chi connectivity index (χ4v) is 1.64. The van der Waals surface area contributed by atoms with Crippen molar-refractivity contribution in [3.63, 3.8) is 0 Å². The van der Waals surface area contributed by atoms with Crippen LogP contribution in [-0.2, 0) is 6.54 Å². The number of carbonyl (C=O) groups excluding carboxylic acids is 1. The lowest BCUT2D eigenvalue weighted by atomic mass is 10.2. The minimum Gasteiger partial charge on any atom is -0.361 e. The van der Waals surface area contributed by atoms with Gasteiger partial charge in [-0.1, -0.05) is 18.2 Å². The zero-order chi connectivity index (χ0) is 10.8. The van der Waals surface area contributed by atoms with Crippen LogP contribution in [0.2, 0.25) is 0 Å². The van der Waals surface area contributed by atoms with Crippen molar-refractivity contribution in [1.29, 1.82) is 0 Å². The first-order valence-electron chi connectivity index (χ1n) is 4.64. The summed E-state index contributed by atoms with van der Waals surface area (Å²) in [5.74, 6) is 0. The van der Waals surface area contributed by atoms with Gasteiger partial charge in [-0.15, -0.1) is 0 Å². The van der Waals surface area contributed by atoms with Crippen molar-refractivity contribution in [3.8, 4) is 0 Å². The Kier molecular flexibility index (Phi) is 2.64. The van der Waals surface area contributed by atoms with Crippen molar-refractivity contribution in [1.82, 2.24) is 9.88 Å². The van der Waals surface area contributed by atoms with Gasteiger partial charge in [0.25, 0.3) is 0 Å². The van der Waals surface area contributed by atoms with Gasteiger partial charge in [-0.25, -0.2) is 0 Å². The van der Waals surface area contributed by atoms with Gasteiger partial charge in [0, 0.05) is 30.7 Å². The van der Waals surface area contributed by atoms with Crippen molar-refractivity contribution >= 4 is 27.9 Å². The molecule has 0 atom stereocenters. The number of H-pyrrole nitrogens is 1. The van der Waals surface area contributed by atoms with E-state index in [1.807, 2.05) is 30.5 Å². The van der Waals surface area contributed by atoms with Crippen LogP contribution in [0.15, 0.2) is 30.5 Å². The number of carbonyl (C=O) groups is 1. The average Bonchev–Trinajstić information content (AvgIpc) is 2.62. The molecule has 4 heteroatoms. The summed E-state index contributed by atoms with van der Waals surface area (Å²) in [7, 11) is 1.68. The molecule has 2 rings (SSSR count). The molecule has 1 heterocycles. The number of hydrogen-bond acceptors (Lipinski definition) is 1. The molecular formula is C11H11ClN2O. The summed E-state index contributed by atoms with van der Waals surface area (Å²) in [5.41, 5.74) is 2.14. The van der Waals surface area contributed by atoms with Gasteiger partial charge in [0.05, 0.1) is 0 Å². The highest BCUT2D eigenvalue weighted by molar-refractivity contribution is 6.62. The number of hydrogen-bond donors (Lipinski definition) is 1. The molecule has 0 aliphatic carbocycles. The third-order valence-electron chi connectivity index (χ3n) is 2.38. The van der Waals surface area contributed by atoms with Crippen LogP contribution >= 0.6 is 11.6 Å². The number of aromatic amines is 1. The van der Waals surface area contributed by atoms with Crippen LogP contribution < -0.4 is 0 Å². The van der Waals surface area contributed by atoms with Crippen LogP contribution in [-0.4, -0.2) is 22.3 Å². The standard InChI is InChI=1S/C11H11ClN2O/c1-14(11(12)15)7-8-6-13-10-5-3-2-4-9(8)10/h2-6,13H,7H2,1H3. The molecule has 0 spiro atoms. The molecule has 0 saturated carbocycles. The maximum Gasteiger partial charge on any atom is 0.316 e. The van der Waals surface area contributed by atoms with Crippen LogP contribution in [0, 0.1) is 0 Å². The van der Waals surface area contributed by atoms with E-state index in [1.165, 1.54) is 4.90 Å². The predicted octanol–water partition coefficient (Wildman–Crippen LogP) is 2.96. The molecule has 78 valence electrons. The Balaban J connectivity index is 2.32. The minimum absolute atomic E-state index is 0.444. The topological polar surface area (TPSA) is 36.1 Å². The molecule has 0 radical (unpaired) electrons. The lowest BCUT2D eigenvalue weighted by Crippen LogP contribution is -2.19. The average molecular weight is 223 g/mol. The Labute approximate surface area is 92.6 Å². The highest BCUT2D eigenvalue weighted by atomic mass is 35.5. The van der Waals surface area contributed by atoms with Gasteiger partial charge < -0.3 is 9.88 Å². The third kappa shape index (κ3) is 1.97. The van der Waals surface area contributed by atoms with Crippen LogP contribution in [0.5, 0.6) is 0 Å². The predicted molar refractivity (Wildman–Crippen MR) is 61.0 cm³/mol. The highest BCUT2D eigenvalue weighted by Crippen LogP contribution is 2.19. The van der Waals surface area contributed by atoms with Crippen LogP contribution in [0.3, 0.4) is 0 Å². The van der Waals surface area contributed by atoms with Gasteiger partial charge in [0.15, 0.2) is 0 Å². The second-order valence-electron chi connectivity index (χ2n) is 3.47. The largest absolute Gasteiger partial charge is 0.361 e. The lowest BCUT2D eigenvalue weighted by molar-refractivity contribution is 0.230. The van der Waals surface area contributed by atoms with Crippen molar-refractivity contribution in [3.05, 3.63) is 36.0 Å². The summed E-state index contributed by atoms with van der Waals surface area (Å²) in [4.78, 5) is 15.5. The van der Waals surface area contributed by atoms with Crippen molar-refractivity contribution in [2.45, 2.75) is 6.54 Å². The number of aromatic nitrogens is 1. The van der Waals surface area contributed by atoms with E-state index >= 15 is 0 Å². The van der Waals surface area contributed by atoms with E-state index in [9.17, 15) is 4.79 Å². The molecule has 0 aliphatic rings. The van der Waals surface area contributed by atoms with Gasteiger partial charge in [0.1, 0.15) is 0 Å². The summed E-state index contributed by atoms with van der Waals surface area (Å²) in [5, 5.41) is 0.683. The summed E-state index contributed by atoms with van der Waals surface area (Å²) < 4.78 is 0. The normalized spacial score (nSPS) is 10.5. The number of para-hydroxylation sites is 1. The lowest BCUT2D eigenvalue weighted by Gasteiger charge is -2.11. The summed E-state index contributed by atoms with van der Waals surface area (Å²) in [6.45, 7) is 0.520. The first-order valence-corrected chi connectivity index (χ1v) is 5.02. The zero-order valence-corrected chi connectivity index (χ0v) is 9.08. The fraction of sp³-hybridized carbons (Fsp3) is 0.182. The van der Waals surface area contributed by atoms with Gasteiger partial charge >= 0.3 is 5.37 Å². The molecule has 1 N–H and O–H groups in total. The molecule has 0 fully saturated rings. The van der Waals surface area contributed by atoms with Crippen LogP contribution in [0.4, 0.5) is 4.79 Å². The van der Waals surface area contributed by atoms with Crippen LogP contribution in [0.25, 0.3) is 10.9 Å². The third-order valence-corrected chi connectivity index (χ3v) is 2.67. The maximum atomic E-state index is 10.9. The van der Waals surface area contributed by atoms with E-state index in [0.29, 0.717) is 6.54 Å². The first kappa shape index (κ1) is 10.1. The van der Waals surface area contributed by atoms with Crippen molar-refractivity contribution < 1.29 is 4.79 Å². The molecule has 1 aromatic heterocycles. The van der Waals surface area contributed by atoms with Gasteiger partial charge in [-0.3, -0.25) is 4.79 Å². The Hall–Kier alpha value is -1.48. The number of nitrogens with one attached hydrogen (secondary N) is 1. The monoisotopic (exact) mass is 222 g/mol. The maximum absolute atomic E-state index is 10.9. The smallest absolute Gasteiger partial charge is 0.316 e. The quantitative estimate of drug-likeness (QED) is 0.616. The van der Waals surface area contributed by atoms with E-state index in [-0.39, 0.29) is 0 Å².